The number of aryl methyl sites for hydroxylation is 2. The highest BCUT2D eigenvalue weighted by atomic mass is 16.3. The second kappa shape index (κ2) is 10.2. The van der Waals surface area contributed by atoms with Gasteiger partial charge in [0.25, 0.3) is 0 Å². The second-order valence-electron chi connectivity index (χ2n) is 8.91. The Kier molecular flexibility index (Phi) is 7.56. The van der Waals surface area contributed by atoms with Crippen LogP contribution in [0.4, 0.5) is 11.8 Å². The highest BCUT2D eigenvalue weighted by Crippen LogP contribution is 2.26. The fraction of sp³-hybridized carbons (Fsp3) is 0.542. The average molecular weight is 441 g/mol. The molecule has 0 aliphatic carbocycles. The van der Waals surface area contributed by atoms with Gasteiger partial charge >= 0.3 is 0 Å². The topological polar surface area (TPSA) is 108 Å². The zero-order valence-electron chi connectivity index (χ0n) is 19.8. The molecule has 4 N–H and O–H groups in total. The van der Waals surface area contributed by atoms with Crippen molar-refractivity contribution >= 4 is 22.9 Å². The van der Waals surface area contributed by atoms with Gasteiger partial charge in [0.05, 0.1) is 18.0 Å². The van der Waals surface area contributed by atoms with Crippen LogP contribution < -0.4 is 10.6 Å². The van der Waals surface area contributed by atoms with Crippen molar-refractivity contribution < 1.29 is 10.2 Å². The average Bonchev–Trinajstić information content (AvgIpc) is 3.15. The van der Waals surface area contributed by atoms with Crippen molar-refractivity contribution in [3.8, 4) is 5.75 Å². The molecule has 174 valence electrons. The third-order valence-corrected chi connectivity index (χ3v) is 5.80. The Morgan fingerprint density at radius 2 is 1.94 bits per heavy atom. The smallest absolute Gasteiger partial charge is 0.227 e. The summed E-state index contributed by atoms with van der Waals surface area (Å²) in [6.07, 6.45) is 5.87. The molecule has 0 aliphatic heterocycles. The lowest BCUT2D eigenvalue weighted by molar-refractivity contribution is 0.0577. The van der Waals surface area contributed by atoms with Gasteiger partial charge in [-0.25, -0.2) is 4.98 Å². The summed E-state index contributed by atoms with van der Waals surface area (Å²) in [7, 11) is 0. The van der Waals surface area contributed by atoms with Crippen molar-refractivity contribution in [2.75, 3.05) is 10.6 Å². The number of aliphatic hydroxyl groups is 1. The number of phenols is 1. The predicted octanol–water partition coefficient (Wildman–Crippen LogP) is 4.60. The summed E-state index contributed by atoms with van der Waals surface area (Å²) in [5, 5.41) is 27.5. The quantitative estimate of drug-likeness (QED) is 0.323. The summed E-state index contributed by atoms with van der Waals surface area (Å²) in [5.41, 5.74) is 2.14. The zero-order chi connectivity index (χ0) is 23.3. The van der Waals surface area contributed by atoms with Gasteiger partial charge in [0.2, 0.25) is 5.95 Å². The third kappa shape index (κ3) is 5.48. The van der Waals surface area contributed by atoms with Gasteiger partial charge in [-0.3, -0.25) is 0 Å². The Morgan fingerprint density at radius 1 is 1.16 bits per heavy atom. The number of fused-ring (bicyclic) bond motifs is 1. The lowest BCUT2D eigenvalue weighted by atomic mass is 9.97. The Morgan fingerprint density at radius 3 is 2.62 bits per heavy atom. The molecule has 3 rings (SSSR count). The van der Waals surface area contributed by atoms with E-state index in [1.165, 1.54) is 0 Å². The van der Waals surface area contributed by atoms with Gasteiger partial charge in [-0.2, -0.15) is 9.97 Å². The maximum atomic E-state index is 10.5. The van der Waals surface area contributed by atoms with Crippen molar-refractivity contribution in [1.82, 2.24) is 19.5 Å². The number of imidazole rings is 1. The van der Waals surface area contributed by atoms with Gasteiger partial charge in [0, 0.05) is 18.7 Å². The molecule has 2 heterocycles. The highest BCUT2D eigenvalue weighted by molar-refractivity contribution is 5.84. The molecule has 1 aromatic carbocycles. The SMILES string of the molecule is CCCCCn1cnc2c(NCc3cccc(C)c3O)nc(NC(CC)C(C)(C)O)nc21. The molecule has 0 saturated carbocycles. The van der Waals surface area contributed by atoms with Gasteiger partial charge in [0.1, 0.15) is 5.75 Å². The number of phenolic OH excluding ortho intramolecular Hbond substituents is 1. The van der Waals surface area contributed by atoms with Crippen LogP contribution in [0.5, 0.6) is 5.75 Å². The first-order chi connectivity index (χ1) is 15.2. The molecule has 0 amide bonds. The first kappa shape index (κ1) is 23.8. The molecule has 1 atom stereocenters. The Labute approximate surface area is 190 Å². The fourth-order valence-electron chi connectivity index (χ4n) is 3.80. The van der Waals surface area contributed by atoms with E-state index in [2.05, 4.69) is 32.1 Å². The maximum absolute atomic E-state index is 10.5. The summed E-state index contributed by atoms with van der Waals surface area (Å²) in [4.78, 5) is 14.0. The first-order valence-corrected chi connectivity index (χ1v) is 11.5. The van der Waals surface area contributed by atoms with Crippen LogP contribution in [-0.2, 0) is 13.1 Å². The van der Waals surface area contributed by atoms with E-state index < -0.39 is 5.60 Å². The minimum Gasteiger partial charge on any atom is -0.507 e. The van der Waals surface area contributed by atoms with Crippen LogP contribution in [0.2, 0.25) is 0 Å². The highest BCUT2D eigenvalue weighted by Gasteiger charge is 2.26. The van der Waals surface area contributed by atoms with Gasteiger partial charge in [-0.15, -0.1) is 0 Å². The van der Waals surface area contributed by atoms with Crippen LogP contribution in [0.15, 0.2) is 24.5 Å². The molecule has 32 heavy (non-hydrogen) atoms. The lowest BCUT2D eigenvalue weighted by Crippen LogP contribution is -2.41. The van der Waals surface area contributed by atoms with Crippen molar-refractivity contribution in [1.29, 1.82) is 0 Å². The number of hydrogen-bond acceptors (Lipinski definition) is 7. The normalized spacial score (nSPS) is 12.8. The predicted molar refractivity (Wildman–Crippen MR) is 129 cm³/mol. The largest absolute Gasteiger partial charge is 0.507 e. The Balaban J connectivity index is 1.96. The molecular weight excluding hydrogens is 404 g/mol. The van der Waals surface area contributed by atoms with E-state index in [-0.39, 0.29) is 11.8 Å². The van der Waals surface area contributed by atoms with E-state index in [0.29, 0.717) is 23.8 Å². The number of nitrogens with zero attached hydrogens (tertiary/aromatic N) is 4. The van der Waals surface area contributed by atoms with Crippen LogP contribution in [0.25, 0.3) is 11.2 Å². The number of nitrogens with one attached hydrogen (secondary N) is 2. The van der Waals surface area contributed by atoms with E-state index in [4.69, 9.17) is 4.98 Å². The molecule has 0 saturated heterocycles. The van der Waals surface area contributed by atoms with E-state index >= 15 is 0 Å². The summed E-state index contributed by atoms with van der Waals surface area (Å²) in [5.74, 6) is 1.32. The Bertz CT molecular complexity index is 1040. The van der Waals surface area contributed by atoms with Crippen LogP contribution in [-0.4, -0.2) is 41.4 Å². The lowest BCUT2D eigenvalue weighted by Gasteiger charge is -2.29. The molecule has 0 bridgehead atoms. The minimum absolute atomic E-state index is 0.204. The van der Waals surface area contributed by atoms with Crippen molar-refractivity contribution in [2.24, 2.45) is 0 Å². The fourth-order valence-corrected chi connectivity index (χ4v) is 3.80. The number of aromatic hydroxyl groups is 1. The molecule has 2 aromatic heterocycles. The molecule has 0 fully saturated rings. The van der Waals surface area contributed by atoms with Crippen molar-refractivity contribution in [2.45, 2.75) is 85.0 Å². The molecule has 8 heteroatoms. The van der Waals surface area contributed by atoms with Gasteiger partial charge in [0.15, 0.2) is 17.0 Å². The zero-order valence-corrected chi connectivity index (χ0v) is 19.8. The molecule has 1 unspecified atom stereocenters. The number of benzene rings is 1. The summed E-state index contributed by atoms with van der Waals surface area (Å²) in [6.45, 7) is 10.9. The van der Waals surface area contributed by atoms with E-state index in [1.54, 1.807) is 20.2 Å². The standard InChI is InChI=1S/C24H36N6O2/c1-6-8-9-13-30-15-26-19-21(25-14-17-12-10-11-16(3)20(17)31)28-23(29-22(19)30)27-18(7-2)24(4,5)32/h10-12,15,18,31-32H,6-9,13-14H2,1-5H3,(H2,25,27,28,29). The van der Waals surface area contributed by atoms with Crippen molar-refractivity contribution in [3.05, 3.63) is 35.7 Å². The molecule has 0 spiro atoms. The Hall–Kier alpha value is -2.87. The van der Waals surface area contributed by atoms with Gasteiger partial charge in [-0.05, 0) is 39.2 Å². The third-order valence-electron chi connectivity index (χ3n) is 5.80. The number of para-hydroxylation sites is 1. The van der Waals surface area contributed by atoms with Crippen molar-refractivity contribution in [3.63, 3.8) is 0 Å². The molecule has 3 aromatic rings. The monoisotopic (exact) mass is 440 g/mol. The van der Waals surface area contributed by atoms with Crippen LogP contribution >= 0.6 is 0 Å². The second-order valence-corrected chi connectivity index (χ2v) is 8.91. The summed E-state index contributed by atoms with van der Waals surface area (Å²) >= 11 is 0. The van der Waals surface area contributed by atoms with Crippen LogP contribution in [0.3, 0.4) is 0 Å². The molecular formula is C24H36N6O2. The number of rotatable bonds is 11. The maximum Gasteiger partial charge on any atom is 0.227 e. The number of aromatic nitrogens is 4. The van der Waals surface area contributed by atoms with Gasteiger partial charge < -0.3 is 25.4 Å². The number of hydrogen-bond donors (Lipinski definition) is 4. The number of anilines is 2. The number of unbranched alkanes of at least 4 members (excludes halogenated alkanes) is 2. The molecule has 0 aliphatic rings. The van der Waals surface area contributed by atoms with Crippen LogP contribution in [0, 0.1) is 6.92 Å². The van der Waals surface area contributed by atoms with E-state index in [1.807, 2.05) is 32.0 Å². The van der Waals surface area contributed by atoms with E-state index in [0.717, 1.165) is 49.0 Å². The van der Waals surface area contributed by atoms with Crippen LogP contribution in [0.1, 0.15) is 64.5 Å². The molecule has 8 nitrogen and oxygen atoms in total. The molecule has 0 radical (unpaired) electrons. The first-order valence-electron chi connectivity index (χ1n) is 11.5. The van der Waals surface area contributed by atoms with Gasteiger partial charge in [-0.1, -0.05) is 44.9 Å². The summed E-state index contributed by atoms with van der Waals surface area (Å²) < 4.78 is 2.05. The summed E-state index contributed by atoms with van der Waals surface area (Å²) in [6, 6.07) is 5.48. The van der Waals surface area contributed by atoms with E-state index in [9.17, 15) is 10.2 Å². The minimum atomic E-state index is -0.921.